The Kier molecular flexibility index (Phi) is 4.86. The lowest BCUT2D eigenvalue weighted by Crippen LogP contribution is -2.33. The first-order valence-corrected chi connectivity index (χ1v) is 6.93. The molecule has 0 unspecified atom stereocenters. The van der Waals surface area contributed by atoms with Crippen molar-refractivity contribution in [1.82, 2.24) is 14.9 Å². The Bertz CT molecular complexity index is 684. The highest BCUT2D eigenvalue weighted by Crippen LogP contribution is 2.14. The Morgan fingerprint density at radius 1 is 1.45 bits per heavy atom. The van der Waals surface area contributed by atoms with E-state index in [1.165, 1.54) is 10.9 Å². The van der Waals surface area contributed by atoms with Crippen LogP contribution in [0, 0.1) is 0 Å². The maximum absolute atomic E-state index is 12.2. The van der Waals surface area contributed by atoms with E-state index in [1.807, 2.05) is 0 Å². The van der Waals surface area contributed by atoms with Crippen LogP contribution in [0.5, 0.6) is 0 Å². The van der Waals surface area contributed by atoms with Gasteiger partial charge in [0.1, 0.15) is 6.54 Å². The molecule has 6 nitrogen and oxygen atoms in total. The Morgan fingerprint density at radius 2 is 2.25 bits per heavy atom. The van der Waals surface area contributed by atoms with E-state index in [1.54, 1.807) is 18.2 Å². The number of halogens is 1. The summed E-state index contributed by atoms with van der Waals surface area (Å²) in [7, 11) is 0. The minimum absolute atomic E-state index is 0.0196. The number of nitrogens with one attached hydrogen (secondary N) is 1. The molecule has 0 atom stereocenters. The summed E-state index contributed by atoms with van der Waals surface area (Å²) in [5.74, 6) is -0.281. The highest BCUT2D eigenvalue weighted by Gasteiger charge is 2.08. The van der Waals surface area contributed by atoms with Crippen molar-refractivity contribution in [3.63, 3.8) is 0 Å². The molecule has 1 aromatic carbocycles. The predicted molar refractivity (Wildman–Crippen MR) is 78.4 cm³/mol. The summed E-state index contributed by atoms with van der Waals surface area (Å²) in [6, 6.07) is 5.23. The molecule has 2 N–H and O–H groups in total. The van der Waals surface area contributed by atoms with Crippen molar-refractivity contribution in [2.75, 3.05) is 13.2 Å². The molecule has 0 fully saturated rings. The first-order valence-electron chi connectivity index (χ1n) is 6.14. The SMILES string of the molecule is O=C(Cn1cnc2ccc(Br)cc2c1=O)NCCCO. The molecule has 20 heavy (non-hydrogen) atoms. The molecule has 1 heterocycles. The van der Waals surface area contributed by atoms with Crippen molar-refractivity contribution in [1.29, 1.82) is 0 Å². The molecule has 0 aliphatic carbocycles. The summed E-state index contributed by atoms with van der Waals surface area (Å²) < 4.78 is 2.05. The molecule has 106 valence electrons. The summed E-state index contributed by atoms with van der Waals surface area (Å²) in [5.41, 5.74) is 0.337. The normalized spacial score (nSPS) is 10.7. The predicted octanol–water partition coefficient (Wildman–Crippen LogP) is 0.658. The highest BCUT2D eigenvalue weighted by molar-refractivity contribution is 9.10. The molecule has 2 aromatic rings. The van der Waals surface area contributed by atoms with E-state index < -0.39 is 0 Å². The van der Waals surface area contributed by atoms with Gasteiger partial charge >= 0.3 is 0 Å². The monoisotopic (exact) mass is 339 g/mol. The number of carbonyl (C=O) groups excluding carboxylic acids is 1. The van der Waals surface area contributed by atoms with E-state index in [2.05, 4.69) is 26.2 Å². The molecule has 0 aliphatic heterocycles. The van der Waals surface area contributed by atoms with Gasteiger partial charge in [-0.05, 0) is 24.6 Å². The van der Waals surface area contributed by atoms with Crippen molar-refractivity contribution < 1.29 is 9.90 Å². The zero-order valence-corrected chi connectivity index (χ0v) is 12.3. The van der Waals surface area contributed by atoms with Gasteiger partial charge in [0, 0.05) is 17.6 Å². The number of amides is 1. The maximum Gasteiger partial charge on any atom is 0.261 e. The van der Waals surface area contributed by atoms with Gasteiger partial charge < -0.3 is 10.4 Å². The van der Waals surface area contributed by atoms with Gasteiger partial charge in [-0.2, -0.15) is 0 Å². The van der Waals surface area contributed by atoms with Gasteiger partial charge in [0.25, 0.3) is 5.56 Å². The lowest BCUT2D eigenvalue weighted by Gasteiger charge is -2.07. The van der Waals surface area contributed by atoms with Crippen molar-refractivity contribution in [2.45, 2.75) is 13.0 Å². The molecular weight excluding hydrogens is 326 g/mol. The summed E-state index contributed by atoms with van der Waals surface area (Å²) in [4.78, 5) is 28.0. The van der Waals surface area contributed by atoms with Gasteiger partial charge in [-0.1, -0.05) is 15.9 Å². The Balaban J connectivity index is 2.21. The number of aromatic nitrogens is 2. The number of carbonyl (C=O) groups is 1. The third kappa shape index (κ3) is 3.43. The molecule has 0 bridgehead atoms. The fourth-order valence-corrected chi connectivity index (χ4v) is 2.12. The average Bonchev–Trinajstić information content (AvgIpc) is 2.43. The summed E-state index contributed by atoms with van der Waals surface area (Å²) in [6.07, 6.45) is 1.85. The van der Waals surface area contributed by atoms with Gasteiger partial charge in [0.2, 0.25) is 5.91 Å². The van der Waals surface area contributed by atoms with Gasteiger partial charge in [0.15, 0.2) is 0 Å². The lowest BCUT2D eigenvalue weighted by atomic mass is 10.2. The molecule has 0 aliphatic rings. The van der Waals surface area contributed by atoms with Crippen LogP contribution >= 0.6 is 15.9 Å². The maximum atomic E-state index is 12.2. The summed E-state index contributed by atoms with van der Waals surface area (Å²) >= 11 is 3.31. The fraction of sp³-hybridized carbons (Fsp3) is 0.308. The molecule has 0 saturated heterocycles. The molecule has 0 saturated carbocycles. The number of aliphatic hydroxyl groups is 1. The molecule has 7 heteroatoms. The van der Waals surface area contributed by atoms with Gasteiger partial charge in [-0.25, -0.2) is 4.98 Å². The van der Waals surface area contributed by atoms with Crippen LogP contribution in [0.25, 0.3) is 10.9 Å². The van der Waals surface area contributed by atoms with Crippen molar-refractivity contribution >= 4 is 32.7 Å². The van der Waals surface area contributed by atoms with Crippen LogP contribution < -0.4 is 10.9 Å². The number of benzene rings is 1. The second-order valence-electron chi connectivity index (χ2n) is 4.27. The molecule has 1 amide bonds. The van der Waals surface area contributed by atoms with Crippen LogP contribution in [0.3, 0.4) is 0 Å². The topological polar surface area (TPSA) is 84.2 Å². The number of rotatable bonds is 5. The zero-order chi connectivity index (χ0) is 14.5. The Labute approximate surface area is 123 Å². The highest BCUT2D eigenvalue weighted by atomic mass is 79.9. The minimum atomic E-state index is -0.281. The van der Waals surface area contributed by atoms with Gasteiger partial charge in [-0.15, -0.1) is 0 Å². The number of fused-ring (bicyclic) bond motifs is 1. The van der Waals surface area contributed by atoms with Crippen molar-refractivity contribution in [3.8, 4) is 0 Å². The van der Waals surface area contributed by atoms with Crippen molar-refractivity contribution in [3.05, 3.63) is 39.4 Å². The van der Waals surface area contributed by atoms with E-state index in [-0.39, 0.29) is 24.6 Å². The first kappa shape index (κ1) is 14.7. The molecule has 2 rings (SSSR count). The van der Waals surface area contributed by atoms with E-state index >= 15 is 0 Å². The Morgan fingerprint density at radius 3 is 3.00 bits per heavy atom. The van der Waals surface area contributed by atoms with E-state index in [0.717, 1.165) is 4.47 Å². The molecule has 0 spiro atoms. The van der Waals surface area contributed by atoms with Gasteiger partial charge in [0.05, 0.1) is 17.2 Å². The zero-order valence-electron chi connectivity index (χ0n) is 10.7. The Hall–Kier alpha value is -1.73. The van der Waals surface area contributed by atoms with Crippen LogP contribution in [0.2, 0.25) is 0 Å². The number of aliphatic hydroxyl groups excluding tert-OH is 1. The number of nitrogens with zero attached hydrogens (tertiary/aromatic N) is 2. The van der Waals surface area contributed by atoms with Crippen LogP contribution in [-0.2, 0) is 11.3 Å². The van der Waals surface area contributed by atoms with Gasteiger partial charge in [-0.3, -0.25) is 14.2 Å². The second kappa shape index (κ2) is 6.62. The largest absolute Gasteiger partial charge is 0.396 e. The van der Waals surface area contributed by atoms with E-state index in [9.17, 15) is 9.59 Å². The second-order valence-corrected chi connectivity index (χ2v) is 5.18. The molecule has 0 radical (unpaired) electrons. The van der Waals surface area contributed by atoms with Crippen molar-refractivity contribution in [2.24, 2.45) is 0 Å². The first-order chi connectivity index (χ1) is 9.61. The van der Waals surface area contributed by atoms with E-state index in [0.29, 0.717) is 23.9 Å². The minimum Gasteiger partial charge on any atom is -0.396 e. The smallest absolute Gasteiger partial charge is 0.261 e. The van der Waals surface area contributed by atoms with E-state index in [4.69, 9.17) is 5.11 Å². The molecule has 1 aromatic heterocycles. The molecular formula is C13H14BrN3O3. The van der Waals surface area contributed by atoms with Crippen LogP contribution in [0.15, 0.2) is 33.8 Å². The number of hydrogen-bond acceptors (Lipinski definition) is 4. The average molecular weight is 340 g/mol. The van der Waals surface area contributed by atoms with Crippen LogP contribution in [-0.4, -0.2) is 33.7 Å². The lowest BCUT2D eigenvalue weighted by molar-refractivity contribution is -0.121. The third-order valence-corrected chi connectivity index (χ3v) is 3.25. The third-order valence-electron chi connectivity index (χ3n) is 2.76. The quantitative estimate of drug-likeness (QED) is 0.783. The van der Waals surface area contributed by atoms with Crippen LogP contribution in [0.1, 0.15) is 6.42 Å². The number of hydrogen-bond donors (Lipinski definition) is 2. The van der Waals surface area contributed by atoms with Crippen LogP contribution in [0.4, 0.5) is 0 Å². The fourth-order valence-electron chi connectivity index (χ4n) is 1.76. The summed E-state index contributed by atoms with van der Waals surface area (Å²) in [5, 5.41) is 11.7. The standard InChI is InChI=1S/C13H14BrN3O3/c14-9-2-3-11-10(6-9)13(20)17(8-16-11)7-12(19)15-4-1-5-18/h2-3,6,8,18H,1,4-5,7H2,(H,15,19). The summed E-state index contributed by atoms with van der Waals surface area (Å²) in [6.45, 7) is 0.322.